The molecule has 0 saturated heterocycles. The SMILES string of the molecule is O=[N+]([O-])c1ccc(C=C(Cl)Cl)s1. The molecule has 12 heavy (non-hydrogen) atoms. The molecule has 6 heteroatoms. The lowest BCUT2D eigenvalue weighted by Crippen LogP contribution is -1.80. The van der Waals surface area contributed by atoms with Crippen molar-refractivity contribution >= 4 is 45.6 Å². The Bertz CT molecular complexity index is 330. The van der Waals surface area contributed by atoms with Crippen LogP contribution in [0.25, 0.3) is 6.08 Å². The minimum atomic E-state index is -0.454. The number of thiophene rings is 1. The Kier molecular flexibility index (Phi) is 3.08. The predicted octanol–water partition coefficient (Wildman–Crippen LogP) is 3.43. The van der Waals surface area contributed by atoms with E-state index in [9.17, 15) is 10.1 Å². The molecule has 3 nitrogen and oxygen atoms in total. The van der Waals surface area contributed by atoms with Crippen molar-refractivity contribution in [2.45, 2.75) is 0 Å². The summed E-state index contributed by atoms with van der Waals surface area (Å²) in [6, 6.07) is 3.00. The molecule has 0 aromatic carbocycles. The number of hydrogen-bond donors (Lipinski definition) is 0. The van der Waals surface area contributed by atoms with Gasteiger partial charge in [-0.25, -0.2) is 0 Å². The monoisotopic (exact) mass is 223 g/mol. The first kappa shape index (κ1) is 9.51. The zero-order valence-corrected chi connectivity index (χ0v) is 7.99. The maximum absolute atomic E-state index is 10.2. The van der Waals surface area contributed by atoms with Crippen LogP contribution in [0.15, 0.2) is 16.6 Å². The highest BCUT2D eigenvalue weighted by Crippen LogP contribution is 2.26. The van der Waals surface area contributed by atoms with Crippen molar-refractivity contribution in [3.8, 4) is 0 Å². The summed E-state index contributed by atoms with van der Waals surface area (Å²) in [4.78, 5) is 10.4. The first-order valence-electron chi connectivity index (χ1n) is 2.86. The Morgan fingerprint density at radius 1 is 1.58 bits per heavy atom. The quantitative estimate of drug-likeness (QED) is 0.570. The smallest absolute Gasteiger partial charge is 0.258 e. The van der Waals surface area contributed by atoms with Gasteiger partial charge in [0.15, 0.2) is 0 Å². The Morgan fingerprint density at radius 2 is 2.25 bits per heavy atom. The lowest BCUT2D eigenvalue weighted by molar-refractivity contribution is -0.380. The highest BCUT2D eigenvalue weighted by molar-refractivity contribution is 7.16. The van der Waals surface area contributed by atoms with Crippen LogP contribution in [0.1, 0.15) is 4.88 Å². The number of nitrogens with zero attached hydrogens (tertiary/aromatic N) is 1. The molecule has 1 aromatic heterocycles. The Labute approximate surface area is 82.4 Å². The molecule has 64 valence electrons. The first-order chi connectivity index (χ1) is 5.59. The summed E-state index contributed by atoms with van der Waals surface area (Å²) in [6.45, 7) is 0. The van der Waals surface area contributed by atoms with E-state index in [-0.39, 0.29) is 9.49 Å². The van der Waals surface area contributed by atoms with E-state index in [1.807, 2.05) is 0 Å². The van der Waals surface area contributed by atoms with Gasteiger partial charge in [-0.05, 0) is 12.1 Å². The minimum Gasteiger partial charge on any atom is -0.258 e. The molecule has 1 aromatic rings. The second kappa shape index (κ2) is 3.89. The molecule has 0 amide bonds. The van der Waals surface area contributed by atoms with Gasteiger partial charge in [-0.15, -0.1) is 0 Å². The summed E-state index contributed by atoms with van der Waals surface area (Å²) >= 11 is 11.8. The molecule has 0 radical (unpaired) electrons. The van der Waals surface area contributed by atoms with E-state index in [0.717, 1.165) is 11.3 Å². The second-order valence-corrected chi connectivity index (χ2v) is 3.97. The van der Waals surface area contributed by atoms with E-state index in [1.165, 1.54) is 12.1 Å². The van der Waals surface area contributed by atoms with Crippen molar-refractivity contribution in [2.24, 2.45) is 0 Å². The van der Waals surface area contributed by atoms with Crippen molar-refractivity contribution in [3.63, 3.8) is 0 Å². The molecule has 1 rings (SSSR count). The molecule has 0 aliphatic heterocycles. The van der Waals surface area contributed by atoms with Gasteiger partial charge in [0, 0.05) is 10.9 Å². The summed E-state index contributed by atoms with van der Waals surface area (Å²) in [6.07, 6.45) is 1.46. The molecule has 0 fully saturated rings. The molecule has 0 aliphatic carbocycles. The van der Waals surface area contributed by atoms with E-state index in [0.29, 0.717) is 4.88 Å². The summed E-state index contributed by atoms with van der Waals surface area (Å²) in [7, 11) is 0. The predicted molar refractivity (Wildman–Crippen MR) is 50.7 cm³/mol. The Hall–Kier alpha value is -0.580. The van der Waals surface area contributed by atoms with Crippen LogP contribution >= 0.6 is 34.5 Å². The minimum absolute atomic E-state index is 0.0795. The first-order valence-corrected chi connectivity index (χ1v) is 4.44. The van der Waals surface area contributed by atoms with Crippen LogP contribution < -0.4 is 0 Å². The van der Waals surface area contributed by atoms with E-state index in [4.69, 9.17) is 23.2 Å². The molecule has 0 N–H and O–H groups in total. The van der Waals surface area contributed by atoms with Crippen LogP contribution in [-0.2, 0) is 0 Å². The second-order valence-electron chi connectivity index (χ2n) is 1.87. The fraction of sp³-hybridized carbons (Fsp3) is 0. The zero-order valence-electron chi connectivity index (χ0n) is 5.66. The van der Waals surface area contributed by atoms with Gasteiger partial charge in [-0.3, -0.25) is 10.1 Å². The van der Waals surface area contributed by atoms with Gasteiger partial charge in [-0.2, -0.15) is 0 Å². The van der Waals surface area contributed by atoms with Crippen molar-refractivity contribution in [1.82, 2.24) is 0 Å². The molecule has 0 aliphatic rings. The van der Waals surface area contributed by atoms with Gasteiger partial charge in [-0.1, -0.05) is 34.5 Å². The van der Waals surface area contributed by atoms with E-state index < -0.39 is 4.92 Å². The lowest BCUT2D eigenvalue weighted by Gasteiger charge is -1.81. The van der Waals surface area contributed by atoms with Crippen LogP contribution in [0.2, 0.25) is 0 Å². The summed E-state index contributed by atoms with van der Waals surface area (Å²) < 4.78 is 0.0896. The van der Waals surface area contributed by atoms with E-state index >= 15 is 0 Å². The van der Waals surface area contributed by atoms with Gasteiger partial charge in [0.1, 0.15) is 4.49 Å². The third-order valence-corrected chi connectivity index (χ3v) is 2.25. The number of halogens is 2. The fourth-order valence-electron chi connectivity index (χ4n) is 0.625. The largest absolute Gasteiger partial charge is 0.324 e. The average Bonchev–Trinajstić information content (AvgIpc) is 2.34. The van der Waals surface area contributed by atoms with Gasteiger partial charge in [0.25, 0.3) is 0 Å². The van der Waals surface area contributed by atoms with Crippen LogP contribution in [0.4, 0.5) is 5.00 Å². The topological polar surface area (TPSA) is 43.1 Å². The summed E-state index contributed by atoms with van der Waals surface area (Å²) in [5, 5.41) is 10.3. The van der Waals surface area contributed by atoms with Crippen molar-refractivity contribution in [2.75, 3.05) is 0 Å². The molecular formula is C6H3Cl2NO2S. The molecule has 0 spiro atoms. The van der Waals surface area contributed by atoms with Crippen LogP contribution in [0.3, 0.4) is 0 Å². The highest BCUT2D eigenvalue weighted by atomic mass is 35.5. The van der Waals surface area contributed by atoms with Crippen LogP contribution in [0, 0.1) is 10.1 Å². The molecule has 0 atom stereocenters. The average molecular weight is 224 g/mol. The van der Waals surface area contributed by atoms with Crippen LogP contribution in [-0.4, -0.2) is 4.92 Å². The van der Waals surface area contributed by atoms with Crippen molar-refractivity contribution < 1.29 is 4.92 Å². The Balaban J connectivity index is 2.92. The number of rotatable bonds is 2. The maximum atomic E-state index is 10.2. The Morgan fingerprint density at radius 3 is 2.67 bits per heavy atom. The van der Waals surface area contributed by atoms with E-state index in [2.05, 4.69) is 0 Å². The molecule has 0 saturated carbocycles. The fourth-order valence-corrected chi connectivity index (χ4v) is 1.75. The number of nitro groups is 1. The van der Waals surface area contributed by atoms with Gasteiger partial charge >= 0.3 is 5.00 Å². The summed E-state index contributed by atoms with van der Waals surface area (Å²) in [5.74, 6) is 0. The molecule has 1 heterocycles. The number of hydrogen-bond acceptors (Lipinski definition) is 3. The molecule has 0 bridgehead atoms. The van der Waals surface area contributed by atoms with Gasteiger partial charge in [0.05, 0.1) is 4.92 Å². The van der Waals surface area contributed by atoms with Crippen LogP contribution in [0.5, 0.6) is 0 Å². The summed E-state index contributed by atoms with van der Waals surface area (Å²) in [5.41, 5.74) is 0. The molecular weight excluding hydrogens is 221 g/mol. The van der Waals surface area contributed by atoms with Crippen molar-refractivity contribution in [3.05, 3.63) is 31.6 Å². The van der Waals surface area contributed by atoms with Gasteiger partial charge < -0.3 is 0 Å². The van der Waals surface area contributed by atoms with Crippen molar-refractivity contribution in [1.29, 1.82) is 0 Å². The lowest BCUT2D eigenvalue weighted by atomic mass is 10.5. The normalized spacial score (nSPS) is 9.50. The third kappa shape index (κ3) is 2.48. The standard InChI is InChI=1S/C6H3Cl2NO2S/c7-5(8)3-4-1-2-6(12-4)9(10)11/h1-3H. The molecule has 0 unspecified atom stereocenters. The highest BCUT2D eigenvalue weighted by Gasteiger charge is 2.07. The maximum Gasteiger partial charge on any atom is 0.324 e. The third-order valence-electron chi connectivity index (χ3n) is 1.04. The zero-order chi connectivity index (χ0) is 9.14. The van der Waals surface area contributed by atoms with Gasteiger partial charge in [0.2, 0.25) is 0 Å². The van der Waals surface area contributed by atoms with E-state index in [1.54, 1.807) is 6.07 Å².